The van der Waals surface area contributed by atoms with Crippen molar-refractivity contribution in [3.63, 3.8) is 0 Å². The van der Waals surface area contributed by atoms with Crippen LogP contribution in [0.25, 0.3) is 0 Å². The van der Waals surface area contributed by atoms with Crippen LogP contribution in [0, 0.1) is 15.9 Å². The minimum Gasteiger partial charge on any atom is -0.489 e. The van der Waals surface area contributed by atoms with Crippen LogP contribution in [0.15, 0.2) is 53.5 Å². The quantitative estimate of drug-likeness (QED) is 0.205. The van der Waals surface area contributed by atoms with Gasteiger partial charge in [-0.25, -0.2) is 4.39 Å². The molecule has 27 heavy (non-hydrogen) atoms. The van der Waals surface area contributed by atoms with Gasteiger partial charge < -0.3 is 15.4 Å². The maximum Gasteiger partial charge on any atom is 0.274 e. The van der Waals surface area contributed by atoms with Crippen LogP contribution < -0.4 is 15.4 Å². The van der Waals surface area contributed by atoms with Gasteiger partial charge in [0.2, 0.25) is 0 Å². The summed E-state index contributed by atoms with van der Waals surface area (Å²) in [6.45, 7) is 2.52. The number of aliphatic imine (C=N–C) groups is 1. The smallest absolute Gasteiger partial charge is 0.274 e. The highest BCUT2D eigenvalue weighted by atomic mass is 127. The van der Waals surface area contributed by atoms with Gasteiger partial charge in [0.25, 0.3) is 5.69 Å². The number of hydrogen-bond donors (Lipinski definition) is 2. The summed E-state index contributed by atoms with van der Waals surface area (Å²) < 4.78 is 18.8. The van der Waals surface area contributed by atoms with Crippen molar-refractivity contribution in [2.75, 3.05) is 13.6 Å². The Balaban J connectivity index is 0.00000364. The third kappa shape index (κ3) is 7.37. The lowest BCUT2D eigenvalue weighted by atomic mass is 10.2. The highest BCUT2D eigenvalue weighted by Crippen LogP contribution is 2.17. The van der Waals surface area contributed by atoms with Gasteiger partial charge >= 0.3 is 0 Å². The molecule has 1 atom stereocenters. The molecule has 0 heterocycles. The van der Waals surface area contributed by atoms with Crippen LogP contribution >= 0.6 is 24.0 Å². The van der Waals surface area contributed by atoms with Gasteiger partial charge in [-0.15, -0.1) is 24.0 Å². The minimum atomic E-state index is -0.415. The lowest BCUT2D eigenvalue weighted by Crippen LogP contribution is -2.41. The van der Waals surface area contributed by atoms with E-state index in [1.165, 1.54) is 18.2 Å². The van der Waals surface area contributed by atoms with E-state index in [1.807, 2.05) is 6.92 Å². The van der Waals surface area contributed by atoms with Gasteiger partial charge in [-0.3, -0.25) is 15.1 Å². The Hall–Kier alpha value is -2.43. The molecule has 2 rings (SSSR count). The van der Waals surface area contributed by atoms with E-state index in [2.05, 4.69) is 15.6 Å². The molecule has 0 bridgehead atoms. The normalized spacial score (nSPS) is 11.9. The Bertz CT molecular complexity index is 789. The Morgan fingerprint density at radius 3 is 2.67 bits per heavy atom. The van der Waals surface area contributed by atoms with E-state index in [0.717, 1.165) is 0 Å². The van der Waals surface area contributed by atoms with Gasteiger partial charge in [-0.1, -0.05) is 24.3 Å². The average Bonchev–Trinajstić information content (AvgIpc) is 2.62. The van der Waals surface area contributed by atoms with Crippen LogP contribution in [0.3, 0.4) is 0 Å². The molecule has 146 valence electrons. The first-order valence-corrected chi connectivity index (χ1v) is 8.08. The number of benzene rings is 2. The van der Waals surface area contributed by atoms with E-state index in [9.17, 15) is 14.5 Å². The van der Waals surface area contributed by atoms with Crippen molar-refractivity contribution in [2.24, 2.45) is 4.99 Å². The second kappa shape index (κ2) is 11.3. The molecule has 0 aliphatic carbocycles. The zero-order chi connectivity index (χ0) is 18.9. The molecular weight excluding hydrogens is 466 g/mol. The number of nitrogens with zero attached hydrogens (tertiary/aromatic N) is 2. The molecule has 0 saturated heterocycles. The van der Waals surface area contributed by atoms with Crippen LogP contribution in [-0.2, 0) is 6.54 Å². The van der Waals surface area contributed by atoms with Crippen molar-refractivity contribution in [3.05, 3.63) is 70.0 Å². The molecule has 2 N–H and O–H groups in total. The van der Waals surface area contributed by atoms with Crippen molar-refractivity contribution in [2.45, 2.75) is 19.6 Å². The van der Waals surface area contributed by atoms with Crippen LogP contribution in [0.4, 0.5) is 10.1 Å². The molecule has 9 heteroatoms. The lowest BCUT2D eigenvalue weighted by molar-refractivity contribution is -0.385. The minimum absolute atomic E-state index is 0. The SMILES string of the molecule is CN=C(NCc1ccccc1[N+](=O)[O-])NCC(C)Oc1cccc(F)c1.I. The van der Waals surface area contributed by atoms with E-state index in [0.29, 0.717) is 23.8 Å². The van der Waals surface area contributed by atoms with Gasteiger partial charge in [0.1, 0.15) is 17.7 Å². The van der Waals surface area contributed by atoms with Gasteiger partial charge in [0, 0.05) is 31.3 Å². The van der Waals surface area contributed by atoms with Crippen molar-refractivity contribution in [1.82, 2.24) is 10.6 Å². The fraction of sp³-hybridized carbons (Fsp3) is 0.278. The van der Waals surface area contributed by atoms with Crippen LogP contribution in [0.2, 0.25) is 0 Å². The molecule has 0 aliphatic rings. The summed E-state index contributed by atoms with van der Waals surface area (Å²) in [6, 6.07) is 12.5. The molecular formula is C18H22FIN4O3. The molecule has 1 unspecified atom stereocenters. The van der Waals surface area contributed by atoms with Crippen LogP contribution in [-0.4, -0.2) is 30.6 Å². The summed E-state index contributed by atoms with van der Waals surface area (Å²) in [5.74, 6) is 0.574. The largest absolute Gasteiger partial charge is 0.489 e. The van der Waals surface area contributed by atoms with Gasteiger partial charge in [0.05, 0.1) is 11.5 Å². The number of nitro groups is 1. The zero-order valence-electron chi connectivity index (χ0n) is 15.0. The van der Waals surface area contributed by atoms with E-state index in [4.69, 9.17) is 4.74 Å². The Labute approximate surface area is 174 Å². The first kappa shape index (κ1) is 22.6. The lowest BCUT2D eigenvalue weighted by Gasteiger charge is -2.17. The second-order valence-electron chi connectivity index (χ2n) is 5.58. The Morgan fingerprint density at radius 2 is 2.00 bits per heavy atom. The van der Waals surface area contributed by atoms with Crippen molar-refractivity contribution in [1.29, 1.82) is 0 Å². The number of ether oxygens (including phenoxy) is 1. The predicted octanol–water partition coefficient (Wildman–Crippen LogP) is 3.48. The number of para-hydroxylation sites is 1. The summed E-state index contributed by atoms with van der Waals surface area (Å²) in [5.41, 5.74) is 0.614. The van der Waals surface area contributed by atoms with Crippen molar-refractivity contribution in [3.8, 4) is 5.75 Å². The molecule has 0 amide bonds. The first-order valence-electron chi connectivity index (χ1n) is 8.08. The van der Waals surface area contributed by atoms with Gasteiger partial charge in [-0.05, 0) is 19.1 Å². The third-order valence-electron chi connectivity index (χ3n) is 3.55. The number of nitro benzene ring substituents is 1. The van der Waals surface area contributed by atoms with Crippen molar-refractivity contribution >= 4 is 35.6 Å². The maximum atomic E-state index is 13.2. The fourth-order valence-corrected chi connectivity index (χ4v) is 2.29. The number of hydrogen-bond acceptors (Lipinski definition) is 4. The number of nitrogens with one attached hydrogen (secondary N) is 2. The van der Waals surface area contributed by atoms with Gasteiger partial charge in [-0.2, -0.15) is 0 Å². The topological polar surface area (TPSA) is 88.8 Å². The predicted molar refractivity (Wildman–Crippen MR) is 113 cm³/mol. The van der Waals surface area contributed by atoms with Crippen LogP contribution in [0.5, 0.6) is 5.75 Å². The number of guanidine groups is 1. The number of rotatable bonds is 7. The first-order chi connectivity index (χ1) is 12.5. The molecule has 0 aliphatic heterocycles. The standard InChI is InChI=1S/C18H21FN4O3.HI/c1-13(26-16-8-5-7-15(19)10-16)11-21-18(20-2)22-12-14-6-3-4-9-17(14)23(24)25;/h3-10,13H,11-12H2,1-2H3,(H2,20,21,22);1H. The zero-order valence-corrected chi connectivity index (χ0v) is 17.3. The van der Waals surface area contributed by atoms with Crippen LogP contribution in [0.1, 0.15) is 12.5 Å². The molecule has 0 aromatic heterocycles. The highest BCUT2D eigenvalue weighted by molar-refractivity contribution is 14.0. The van der Waals surface area contributed by atoms with Gasteiger partial charge in [0.15, 0.2) is 5.96 Å². The summed E-state index contributed by atoms with van der Waals surface area (Å²) >= 11 is 0. The van der Waals surface area contributed by atoms with E-state index < -0.39 is 4.92 Å². The molecule has 0 fully saturated rings. The van der Waals surface area contributed by atoms with E-state index in [-0.39, 0.29) is 48.1 Å². The summed E-state index contributed by atoms with van der Waals surface area (Å²) in [4.78, 5) is 14.7. The number of halogens is 2. The molecule has 0 saturated carbocycles. The molecule has 2 aromatic carbocycles. The summed E-state index contributed by atoms with van der Waals surface area (Å²) in [6.07, 6.45) is -0.235. The van der Waals surface area contributed by atoms with E-state index >= 15 is 0 Å². The van der Waals surface area contributed by atoms with Crippen molar-refractivity contribution < 1.29 is 14.1 Å². The highest BCUT2D eigenvalue weighted by Gasteiger charge is 2.13. The molecule has 0 radical (unpaired) electrons. The third-order valence-corrected chi connectivity index (χ3v) is 3.55. The molecule has 7 nitrogen and oxygen atoms in total. The average molecular weight is 488 g/mol. The molecule has 2 aromatic rings. The maximum absolute atomic E-state index is 13.2. The Kier molecular flexibility index (Phi) is 9.48. The second-order valence-corrected chi connectivity index (χ2v) is 5.58. The Morgan fingerprint density at radius 1 is 1.26 bits per heavy atom. The van der Waals surface area contributed by atoms with E-state index in [1.54, 1.807) is 37.4 Å². The summed E-state index contributed by atoms with van der Waals surface area (Å²) in [5, 5.41) is 17.1. The monoisotopic (exact) mass is 488 g/mol. The molecule has 0 spiro atoms. The fourth-order valence-electron chi connectivity index (χ4n) is 2.29. The summed E-state index contributed by atoms with van der Waals surface area (Å²) in [7, 11) is 1.60.